The number of H-pyrrole nitrogens is 1. The van der Waals surface area contributed by atoms with Crippen LogP contribution in [0.1, 0.15) is 37.6 Å². The van der Waals surface area contributed by atoms with Crippen LogP contribution in [0.25, 0.3) is 0 Å². The van der Waals surface area contributed by atoms with Crippen LogP contribution in [0, 0.1) is 5.92 Å². The van der Waals surface area contributed by atoms with Crippen molar-refractivity contribution in [3.8, 4) is 0 Å². The Hall–Kier alpha value is -2.17. The zero-order valence-corrected chi connectivity index (χ0v) is 11.8. The monoisotopic (exact) mass is 272 g/mol. The number of rotatable bonds is 6. The predicted molar refractivity (Wildman–Crippen MR) is 76.9 cm³/mol. The Kier molecular flexibility index (Phi) is 4.87. The molecule has 0 saturated heterocycles. The Balaban J connectivity index is 1.93. The topological polar surface area (TPSA) is 70.7 Å². The van der Waals surface area contributed by atoms with E-state index in [0.717, 1.165) is 11.3 Å². The molecule has 0 aliphatic carbocycles. The van der Waals surface area contributed by atoms with Gasteiger partial charge in [0, 0.05) is 18.8 Å². The molecule has 1 unspecified atom stereocenters. The van der Waals surface area contributed by atoms with Crippen LogP contribution in [0.5, 0.6) is 0 Å². The van der Waals surface area contributed by atoms with Crippen molar-refractivity contribution in [1.82, 2.24) is 20.5 Å². The number of aromatic nitrogens is 3. The molecule has 0 bridgehead atoms. The third kappa shape index (κ3) is 3.91. The second-order valence-corrected chi connectivity index (χ2v) is 5.15. The smallest absolute Gasteiger partial charge is 0.220 e. The van der Waals surface area contributed by atoms with E-state index in [1.807, 2.05) is 24.4 Å². The lowest BCUT2D eigenvalue weighted by Gasteiger charge is -2.21. The van der Waals surface area contributed by atoms with Gasteiger partial charge in [-0.05, 0) is 30.0 Å². The molecule has 0 aromatic carbocycles. The van der Waals surface area contributed by atoms with Crippen molar-refractivity contribution in [3.63, 3.8) is 0 Å². The fourth-order valence-electron chi connectivity index (χ4n) is 2.06. The molecule has 106 valence electrons. The van der Waals surface area contributed by atoms with Gasteiger partial charge in [-0.3, -0.25) is 14.9 Å². The van der Waals surface area contributed by atoms with Gasteiger partial charge < -0.3 is 5.32 Å². The number of hydrogen-bond donors (Lipinski definition) is 2. The van der Waals surface area contributed by atoms with Gasteiger partial charge in [0.15, 0.2) is 0 Å². The molecule has 0 aliphatic rings. The Morgan fingerprint density at radius 1 is 1.40 bits per heavy atom. The van der Waals surface area contributed by atoms with Crippen molar-refractivity contribution in [2.75, 3.05) is 0 Å². The Morgan fingerprint density at radius 3 is 2.85 bits per heavy atom. The summed E-state index contributed by atoms with van der Waals surface area (Å²) < 4.78 is 0. The molecule has 0 radical (unpaired) electrons. The molecule has 0 spiro atoms. The minimum absolute atomic E-state index is 0.0375. The summed E-state index contributed by atoms with van der Waals surface area (Å²) in [5.74, 6) is 0.332. The molecule has 5 nitrogen and oxygen atoms in total. The fourth-order valence-corrected chi connectivity index (χ4v) is 2.06. The maximum absolute atomic E-state index is 12.1. The van der Waals surface area contributed by atoms with E-state index in [9.17, 15) is 4.79 Å². The number of carbonyl (C=O) groups is 1. The molecule has 2 heterocycles. The highest BCUT2D eigenvalue weighted by atomic mass is 16.1. The van der Waals surface area contributed by atoms with Gasteiger partial charge in [0.25, 0.3) is 0 Å². The van der Waals surface area contributed by atoms with Crippen molar-refractivity contribution < 1.29 is 4.79 Å². The van der Waals surface area contributed by atoms with Crippen molar-refractivity contribution in [3.05, 3.63) is 48.0 Å². The number of pyridine rings is 1. The van der Waals surface area contributed by atoms with Gasteiger partial charge in [-0.1, -0.05) is 19.9 Å². The first-order valence-electron chi connectivity index (χ1n) is 6.84. The van der Waals surface area contributed by atoms with Gasteiger partial charge in [0.05, 0.1) is 17.9 Å². The van der Waals surface area contributed by atoms with Crippen LogP contribution in [0.15, 0.2) is 36.8 Å². The van der Waals surface area contributed by atoms with E-state index >= 15 is 0 Å². The standard InChI is InChI=1S/C15H20N4O/c1-11(2)15(13-5-3-4-8-16-13)19-14(20)7-6-12-9-17-18-10-12/h3-5,8-11,15H,6-7H2,1-2H3,(H,17,18)(H,19,20). The molecule has 2 N–H and O–H groups in total. The number of amides is 1. The Bertz CT molecular complexity index is 522. The fraction of sp³-hybridized carbons (Fsp3) is 0.400. The number of nitrogens with one attached hydrogen (secondary N) is 2. The maximum atomic E-state index is 12.1. The van der Waals surface area contributed by atoms with Gasteiger partial charge in [0.1, 0.15) is 0 Å². The first kappa shape index (κ1) is 14.2. The van der Waals surface area contributed by atoms with Crippen LogP contribution in [0.4, 0.5) is 0 Å². The zero-order valence-electron chi connectivity index (χ0n) is 11.8. The highest BCUT2D eigenvalue weighted by Crippen LogP contribution is 2.19. The van der Waals surface area contributed by atoms with Gasteiger partial charge in [-0.2, -0.15) is 5.10 Å². The van der Waals surface area contributed by atoms with Crippen LogP contribution in [0.2, 0.25) is 0 Å². The van der Waals surface area contributed by atoms with Gasteiger partial charge in [-0.15, -0.1) is 0 Å². The SMILES string of the molecule is CC(C)C(NC(=O)CCc1cn[nH]c1)c1ccccn1. The summed E-state index contributed by atoms with van der Waals surface area (Å²) in [4.78, 5) is 16.4. The third-order valence-electron chi connectivity index (χ3n) is 3.19. The molecule has 2 rings (SSSR count). The number of nitrogens with zero attached hydrogens (tertiary/aromatic N) is 2. The lowest BCUT2D eigenvalue weighted by atomic mass is 10.00. The summed E-state index contributed by atoms with van der Waals surface area (Å²) in [6.45, 7) is 4.16. The van der Waals surface area contributed by atoms with E-state index in [2.05, 4.69) is 34.3 Å². The van der Waals surface area contributed by atoms with Gasteiger partial charge >= 0.3 is 0 Å². The van der Waals surface area contributed by atoms with Crippen molar-refractivity contribution >= 4 is 5.91 Å². The number of carbonyl (C=O) groups excluding carboxylic acids is 1. The lowest BCUT2D eigenvalue weighted by Crippen LogP contribution is -2.32. The van der Waals surface area contributed by atoms with E-state index in [4.69, 9.17) is 0 Å². The average Bonchev–Trinajstić information content (AvgIpc) is 2.96. The third-order valence-corrected chi connectivity index (χ3v) is 3.19. The van der Waals surface area contributed by atoms with E-state index in [1.54, 1.807) is 12.4 Å². The first-order valence-corrected chi connectivity index (χ1v) is 6.84. The maximum Gasteiger partial charge on any atom is 0.220 e. The van der Waals surface area contributed by atoms with Crippen LogP contribution in [0.3, 0.4) is 0 Å². The van der Waals surface area contributed by atoms with Crippen LogP contribution in [-0.2, 0) is 11.2 Å². The predicted octanol–water partition coefficient (Wildman–Crippen LogP) is 2.25. The van der Waals surface area contributed by atoms with Crippen LogP contribution < -0.4 is 5.32 Å². The van der Waals surface area contributed by atoms with Crippen molar-refractivity contribution in [2.45, 2.75) is 32.7 Å². The van der Waals surface area contributed by atoms with E-state index in [1.165, 1.54) is 0 Å². The minimum atomic E-state index is -0.0481. The van der Waals surface area contributed by atoms with Crippen molar-refractivity contribution in [2.24, 2.45) is 5.92 Å². The van der Waals surface area contributed by atoms with Gasteiger partial charge in [0.2, 0.25) is 5.91 Å². The summed E-state index contributed by atoms with van der Waals surface area (Å²) in [6.07, 6.45) is 6.45. The quantitative estimate of drug-likeness (QED) is 0.847. The highest BCUT2D eigenvalue weighted by Gasteiger charge is 2.19. The molecule has 1 amide bonds. The lowest BCUT2D eigenvalue weighted by molar-refractivity contribution is -0.122. The molecule has 1 atom stereocenters. The van der Waals surface area contributed by atoms with Crippen LogP contribution >= 0.6 is 0 Å². The van der Waals surface area contributed by atoms with E-state index < -0.39 is 0 Å². The zero-order chi connectivity index (χ0) is 14.4. The Morgan fingerprint density at radius 2 is 2.25 bits per heavy atom. The summed E-state index contributed by atoms with van der Waals surface area (Å²) in [6, 6.07) is 5.71. The molecular weight excluding hydrogens is 252 g/mol. The Labute approximate surface area is 118 Å². The van der Waals surface area contributed by atoms with Crippen LogP contribution in [-0.4, -0.2) is 21.1 Å². The summed E-state index contributed by atoms with van der Waals surface area (Å²) in [5.41, 5.74) is 1.94. The largest absolute Gasteiger partial charge is 0.347 e. The highest BCUT2D eigenvalue weighted by molar-refractivity contribution is 5.76. The molecule has 20 heavy (non-hydrogen) atoms. The molecule has 2 aromatic rings. The molecule has 0 aliphatic heterocycles. The molecule has 5 heteroatoms. The summed E-state index contributed by atoms with van der Waals surface area (Å²) >= 11 is 0. The summed E-state index contributed by atoms with van der Waals surface area (Å²) in [7, 11) is 0. The second kappa shape index (κ2) is 6.84. The number of hydrogen-bond acceptors (Lipinski definition) is 3. The molecule has 2 aromatic heterocycles. The normalized spacial score (nSPS) is 12.3. The average molecular weight is 272 g/mol. The van der Waals surface area contributed by atoms with E-state index in [0.29, 0.717) is 18.8 Å². The minimum Gasteiger partial charge on any atom is -0.347 e. The molecule has 0 saturated carbocycles. The number of aryl methyl sites for hydroxylation is 1. The molecule has 0 fully saturated rings. The molecular formula is C15H20N4O. The van der Waals surface area contributed by atoms with Gasteiger partial charge in [-0.25, -0.2) is 0 Å². The summed E-state index contributed by atoms with van der Waals surface area (Å²) in [5, 5.41) is 9.68. The first-order chi connectivity index (χ1) is 9.66. The van der Waals surface area contributed by atoms with Crippen molar-refractivity contribution in [1.29, 1.82) is 0 Å². The van der Waals surface area contributed by atoms with E-state index in [-0.39, 0.29) is 11.9 Å². The number of aromatic amines is 1. The second-order valence-electron chi connectivity index (χ2n) is 5.15.